The number of carboxylic acid groups (broad SMARTS) is 3. The second-order valence-electron chi connectivity index (χ2n) is 11.7. The number of carbonyl (C=O) groups excluding carboxylic acids is 2. The molecule has 23 heteroatoms. The van der Waals surface area contributed by atoms with Gasteiger partial charge < -0.3 is 36.3 Å². The predicted octanol–water partition coefficient (Wildman–Crippen LogP) is 5.18. The zero-order chi connectivity index (χ0) is 43.1. The Labute approximate surface area is 315 Å². The molecule has 0 saturated carbocycles. The van der Waals surface area contributed by atoms with Gasteiger partial charge in [-0.1, -0.05) is 30.3 Å². The first kappa shape index (κ1) is 46.9. The number of piperidine rings is 1. The van der Waals surface area contributed by atoms with Crippen LogP contribution in [0.15, 0.2) is 73.3 Å². The van der Waals surface area contributed by atoms with Gasteiger partial charge in [-0.15, -0.1) is 0 Å². The zero-order valence-electron chi connectivity index (χ0n) is 29.2. The van der Waals surface area contributed by atoms with Crippen LogP contribution in [-0.4, -0.2) is 97.2 Å². The summed E-state index contributed by atoms with van der Waals surface area (Å²) in [6, 6.07) is 15.4. The molecule has 1 fully saturated rings. The summed E-state index contributed by atoms with van der Waals surface area (Å²) in [6.45, 7) is 2.81. The van der Waals surface area contributed by atoms with Crippen molar-refractivity contribution in [2.75, 3.05) is 6.54 Å². The Bertz CT molecular complexity index is 1860. The van der Waals surface area contributed by atoms with Crippen LogP contribution in [0, 0.1) is 0 Å². The molecule has 4 aromatic rings. The third kappa shape index (κ3) is 16.2. The summed E-state index contributed by atoms with van der Waals surface area (Å²) >= 11 is 0. The summed E-state index contributed by atoms with van der Waals surface area (Å²) in [5, 5.41) is 31.4. The number of nitrogens with zero attached hydrogens (tertiary/aromatic N) is 2. The molecule has 0 radical (unpaired) electrons. The molecule has 57 heavy (non-hydrogen) atoms. The van der Waals surface area contributed by atoms with Gasteiger partial charge in [0.2, 0.25) is 11.8 Å². The van der Waals surface area contributed by atoms with Gasteiger partial charge >= 0.3 is 36.4 Å². The third-order valence-corrected chi connectivity index (χ3v) is 7.51. The van der Waals surface area contributed by atoms with E-state index in [2.05, 4.69) is 55.2 Å². The molecule has 14 nitrogen and oxygen atoms in total. The van der Waals surface area contributed by atoms with E-state index in [1.54, 1.807) is 25.5 Å². The SMILES string of the molecule is C[C@H](NC(=O)[C@H]1C[C@@H](c2ccc(-c3cccnc3)cc2)CCN1)C(=O)NCc1cc2cnccc2[nH]1.O=C(O)C(F)(F)F.O=C(O)C(F)(F)F.O=C(O)C(F)(F)F. The Morgan fingerprint density at radius 1 is 0.789 bits per heavy atom. The van der Waals surface area contributed by atoms with Crippen LogP contribution >= 0.6 is 0 Å². The van der Waals surface area contributed by atoms with Crippen LogP contribution in [0.3, 0.4) is 0 Å². The summed E-state index contributed by atoms with van der Waals surface area (Å²) in [6.07, 6.45) is -6.47. The number of aromatic nitrogens is 3. The van der Waals surface area contributed by atoms with Gasteiger partial charge in [0.1, 0.15) is 6.04 Å². The Kier molecular flexibility index (Phi) is 16.9. The minimum atomic E-state index is -5.08. The molecule has 0 unspecified atom stereocenters. The van der Waals surface area contributed by atoms with Crippen LogP contribution in [0.1, 0.15) is 36.9 Å². The molecule has 0 aliphatic carbocycles. The van der Waals surface area contributed by atoms with Crippen LogP contribution < -0.4 is 16.0 Å². The number of H-pyrrole nitrogens is 1. The Morgan fingerprint density at radius 2 is 1.33 bits per heavy atom. The summed E-state index contributed by atoms with van der Waals surface area (Å²) < 4.78 is 95.2. The van der Waals surface area contributed by atoms with Gasteiger partial charge in [0, 0.05) is 41.4 Å². The molecular formula is C34H33F9N6O8. The van der Waals surface area contributed by atoms with Crippen molar-refractivity contribution in [1.29, 1.82) is 0 Å². The van der Waals surface area contributed by atoms with Crippen molar-refractivity contribution in [3.63, 3.8) is 0 Å². The molecule has 7 N–H and O–H groups in total. The smallest absolute Gasteiger partial charge is 0.475 e. The van der Waals surface area contributed by atoms with Crippen molar-refractivity contribution < 1.29 is 78.8 Å². The molecule has 5 rings (SSSR count). The van der Waals surface area contributed by atoms with E-state index < -0.39 is 42.5 Å². The molecule has 0 bridgehead atoms. The monoisotopic (exact) mass is 824 g/mol. The number of alkyl halides is 9. The van der Waals surface area contributed by atoms with E-state index in [0.717, 1.165) is 40.7 Å². The molecule has 1 aromatic carbocycles. The number of halogens is 9. The summed E-state index contributed by atoms with van der Waals surface area (Å²) in [4.78, 5) is 63.8. The highest BCUT2D eigenvalue weighted by Crippen LogP contribution is 2.30. The summed E-state index contributed by atoms with van der Waals surface area (Å²) in [7, 11) is 0. The molecule has 1 aliphatic heterocycles. The largest absolute Gasteiger partial charge is 0.490 e. The second kappa shape index (κ2) is 20.6. The Hall–Kier alpha value is -6.26. The lowest BCUT2D eigenvalue weighted by molar-refractivity contribution is -0.193. The van der Waals surface area contributed by atoms with E-state index in [1.165, 1.54) is 5.56 Å². The molecule has 3 atom stereocenters. The van der Waals surface area contributed by atoms with E-state index in [0.29, 0.717) is 13.0 Å². The topological polar surface area (TPSA) is 224 Å². The Morgan fingerprint density at radius 3 is 1.82 bits per heavy atom. The minimum Gasteiger partial charge on any atom is -0.475 e. The lowest BCUT2D eigenvalue weighted by Gasteiger charge is -2.30. The van der Waals surface area contributed by atoms with Gasteiger partial charge in [-0.2, -0.15) is 39.5 Å². The Balaban J connectivity index is 0.000000438. The van der Waals surface area contributed by atoms with Gasteiger partial charge in [0.25, 0.3) is 0 Å². The highest BCUT2D eigenvalue weighted by Gasteiger charge is 2.39. The fourth-order valence-electron chi connectivity index (χ4n) is 4.74. The van der Waals surface area contributed by atoms with Crippen LogP contribution in [0.5, 0.6) is 0 Å². The van der Waals surface area contributed by atoms with Crippen LogP contribution in [0.2, 0.25) is 0 Å². The van der Waals surface area contributed by atoms with E-state index in [4.69, 9.17) is 29.7 Å². The lowest BCUT2D eigenvalue weighted by atomic mass is 9.85. The number of amides is 2. The zero-order valence-corrected chi connectivity index (χ0v) is 29.2. The molecule has 1 saturated heterocycles. The number of carbonyl (C=O) groups is 5. The minimum absolute atomic E-state index is 0.147. The molecular weight excluding hydrogens is 791 g/mol. The maximum absolute atomic E-state index is 12.9. The first-order valence-corrected chi connectivity index (χ1v) is 16.0. The molecule has 1 aliphatic rings. The number of aliphatic carboxylic acids is 3. The first-order chi connectivity index (χ1) is 26.4. The van der Waals surface area contributed by atoms with Crippen molar-refractivity contribution >= 4 is 40.6 Å². The number of fused-ring (bicyclic) bond motifs is 1. The van der Waals surface area contributed by atoms with Crippen molar-refractivity contribution in [3.8, 4) is 11.1 Å². The number of aromatic amines is 1. The van der Waals surface area contributed by atoms with E-state index in [9.17, 15) is 49.1 Å². The maximum atomic E-state index is 12.9. The summed E-state index contributed by atoms with van der Waals surface area (Å²) in [5.41, 5.74) is 5.29. The molecule has 2 amide bonds. The number of pyridine rings is 2. The van der Waals surface area contributed by atoms with Crippen LogP contribution in [0.4, 0.5) is 39.5 Å². The molecule has 310 valence electrons. The number of benzene rings is 1. The fraction of sp³-hybridized carbons (Fsp3) is 0.324. The third-order valence-electron chi connectivity index (χ3n) is 7.51. The van der Waals surface area contributed by atoms with Crippen molar-refractivity contribution in [3.05, 3.63) is 84.6 Å². The van der Waals surface area contributed by atoms with E-state index >= 15 is 0 Å². The van der Waals surface area contributed by atoms with Crippen molar-refractivity contribution in [1.82, 2.24) is 30.9 Å². The number of hydrogen-bond donors (Lipinski definition) is 7. The number of nitrogens with one attached hydrogen (secondary N) is 4. The van der Waals surface area contributed by atoms with Crippen molar-refractivity contribution in [2.24, 2.45) is 0 Å². The number of rotatable bonds is 7. The quantitative estimate of drug-likeness (QED) is 0.120. The van der Waals surface area contributed by atoms with Gasteiger partial charge in [0.15, 0.2) is 0 Å². The van der Waals surface area contributed by atoms with Crippen LogP contribution in [0.25, 0.3) is 22.0 Å². The fourth-order valence-corrected chi connectivity index (χ4v) is 4.74. The molecule has 3 aromatic heterocycles. The lowest BCUT2D eigenvalue weighted by Crippen LogP contribution is -2.53. The van der Waals surface area contributed by atoms with Gasteiger partial charge in [-0.3, -0.25) is 19.6 Å². The first-order valence-electron chi connectivity index (χ1n) is 16.0. The average Bonchev–Trinajstić information content (AvgIpc) is 3.57. The maximum Gasteiger partial charge on any atom is 0.490 e. The average molecular weight is 825 g/mol. The molecule has 4 heterocycles. The van der Waals surface area contributed by atoms with Gasteiger partial charge in [0.05, 0.1) is 12.6 Å². The number of carboxylic acids is 3. The standard InChI is InChI=1S/C28H30N6O2.3C2HF3O2/c1-18(27(35)32-17-24-13-23-16-30-11-9-25(23)34-24)33-28(36)26-14-21(8-12-31-26)19-4-6-20(7-5-19)22-3-2-10-29-15-22;3*3-2(4,5)1(6)7/h2-7,9-11,13,15-16,18,21,26,31,34H,8,12,14,17H2,1H3,(H,32,35)(H,33,36);3*(H,6,7)/t18-,21-,26+;;;/m0.../s1. The van der Waals surface area contributed by atoms with E-state index in [-0.39, 0.29) is 23.8 Å². The molecule has 0 spiro atoms. The van der Waals surface area contributed by atoms with E-state index in [1.807, 2.05) is 30.5 Å². The number of hydrogen-bond acceptors (Lipinski definition) is 8. The van der Waals surface area contributed by atoms with Gasteiger partial charge in [-0.05, 0) is 67.1 Å². The highest BCUT2D eigenvalue weighted by atomic mass is 19.4. The van der Waals surface area contributed by atoms with Gasteiger partial charge in [-0.25, -0.2) is 14.4 Å². The normalized spacial score (nSPS) is 15.8. The van der Waals surface area contributed by atoms with Crippen LogP contribution in [-0.2, 0) is 30.5 Å². The predicted molar refractivity (Wildman–Crippen MR) is 180 cm³/mol. The summed E-state index contributed by atoms with van der Waals surface area (Å²) in [5.74, 6) is -8.36. The van der Waals surface area contributed by atoms with Crippen molar-refractivity contribution in [2.45, 2.75) is 62.8 Å². The second-order valence-corrected chi connectivity index (χ2v) is 11.7. The highest BCUT2D eigenvalue weighted by molar-refractivity contribution is 5.89.